The van der Waals surface area contributed by atoms with Gasteiger partial charge in [-0.05, 0) is 64.7 Å². The maximum atomic E-state index is 6.96. The fourth-order valence-corrected chi connectivity index (χ4v) is 10.6. The van der Waals surface area contributed by atoms with Crippen LogP contribution in [0.2, 0.25) is 0 Å². The van der Waals surface area contributed by atoms with Gasteiger partial charge in [0.15, 0.2) is 17.5 Å². The maximum Gasteiger partial charge on any atom is 0.166 e. The van der Waals surface area contributed by atoms with Crippen molar-refractivity contribution in [3.63, 3.8) is 0 Å². The summed E-state index contributed by atoms with van der Waals surface area (Å²) >= 11 is 1.83. The first-order valence-electron chi connectivity index (χ1n) is 21.1. The number of nitrogens with zero attached hydrogens (tertiary/aromatic N) is 4. The number of thiophene rings is 1. The Labute approximate surface area is 365 Å². The number of para-hydroxylation sites is 1. The van der Waals surface area contributed by atoms with Crippen molar-refractivity contribution < 1.29 is 4.42 Å². The highest BCUT2D eigenvalue weighted by atomic mass is 32.1. The van der Waals surface area contributed by atoms with Crippen LogP contribution in [0.5, 0.6) is 0 Å². The van der Waals surface area contributed by atoms with Crippen LogP contribution in [0, 0.1) is 0 Å². The molecule has 0 fully saturated rings. The first-order chi connectivity index (χ1) is 31.2. The summed E-state index contributed by atoms with van der Waals surface area (Å²) in [4.78, 5) is 15.8. The van der Waals surface area contributed by atoms with Crippen molar-refractivity contribution in [2.75, 3.05) is 0 Å². The molecule has 0 bridgehead atoms. The third kappa shape index (κ3) is 5.66. The van der Waals surface area contributed by atoms with E-state index in [1.165, 1.54) is 25.7 Å². The van der Waals surface area contributed by atoms with Gasteiger partial charge in [-0.25, -0.2) is 15.0 Å². The van der Waals surface area contributed by atoms with Gasteiger partial charge in [0.2, 0.25) is 0 Å². The summed E-state index contributed by atoms with van der Waals surface area (Å²) in [7, 11) is 0. The second-order valence-electron chi connectivity index (χ2n) is 15.9. The Bertz CT molecular complexity index is 3850. The van der Waals surface area contributed by atoms with Gasteiger partial charge in [-0.3, -0.25) is 0 Å². The second-order valence-corrected chi connectivity index (χ2v) is 17.0. The number of aromatic nitrogens is 4. The molecule has 0 amide bonds. The molecule has 0 spiro atoms. The molecule has 0 aliphatic rings. The normalized spacial score (nSPS) is 11.8. The largest absolute Gasteiger partial charge is 0.456 e. The molecule has 294 valence electrons. The molecule has 0 aliphatic carbocycles. The molecule has 63 heavy (non-hydrogen) atoms. The van der Waals surface area contributed by atoms with Gasteiger partial charge in [0.25, 0.3) is 0 Å². The van der Waals surface area contributed by atoms with Crippen LogP contribution in [0.3, 0.4) is 0 Å². The lowest BCUT2D eigenvalue weighted by atomic mass is 9.94. The highest BCUT2D eigenvalue weighted by Crippen LogP contribution is 2.48. The highest BCUT2D eigenvalue weighted by molar-refractivity contribution is 7.25. The fraction of sp³-hybridized carbons (Fsp3) is 0. The molecule has 4 aromatic heterocycles. The summed E-state index contributed by atoms with van der Waals surface area (Å²) in [5.41, 5.74) is 11.9. The molecule has 5 nitrogen and oxygen atoms in total. The Morgan fingerprint density at radius 3 is 1.67 bits per heavy atom. The molecule has 9 aromatic carbocycles. The molecular formula is C57H34N4OS. The molecule has 0 saturated heterocycles. The van der Waals surface area contributed by atoms with E-state index in [1.54, 1.807) is 0 Å². The minimum absolute atomic E-state index is 0.572. The SMILES string of the molecule is c1ccc(-c2ccc3c4ccccc4n(-c4c(-c5nc(-c6ccccc6)nc(-c6ccccc6)n5)ccc5oc6cccc(-c7cccc8sc9ccccc9c78)c6c45)c3c2)cc1. The van der Waals surface area contributed by atoms with Crippen molar-refractivity contribution >= 4 is 75.3 Å². The minimum Gasteiger partial charge on any atom is -0.456 e. The number of furan rings is 1. The van der Waals surface area contributed by atoms with Crippen LogP contribution in [0.1, 0.15) is 0 Å². The van der Waals surface area contributed by atoms with E-state index in [0.29, 0.717) is 17.5 Å². The van der Waals surface area contributed by atoms with Crippen molar-refractivity contribution in [2.45, 2.75) is 0 Å². The van der Waals surface area contributed by atoms with Crippen molar-refractivity contribution in [2.24, 2.45) is 0 Å². The van der Waals surface area contributed by atoms with E-state index in [4.69, 9.17) is 19.4 Å². The molecule has 0 saturated carbocycles. The number of hydrogen-bond acceptors (Lipinski definition) is 5. The van der Waals surface area contributed by atoms with Crippen molar-refractivity contribution in [3.05, 3.63) is 206 Å². The zero-order valence-electron chi connectivity index (χ0n) is 33.7. The average molecular weight is 823 g/mol. The maximum absolute atomic E-state index is 6.96. The van der Waals surface area contributed by atoms with Gasteiger partial charge in [0, 0.05) is 53.0 Å². The molecule has 0 unspecified atom stereocenters. The quantitative estimate of drug-likeness (QED) is 0.168. The molecule has 13 rings (SSSR count). The van der Waals surface area contributed by atoms with Crippen molar-refractivity contribution in [1.29, 1.82) is 0 Å². The van der Waals surface area contributed by atoms with E-state index in [2.05, 4.69) is 174 Å². The minimum atomic E-state index is 0.572. The highest BCUT2D eigenvalue weighted by Gasteiger charge is 2.26. The monoisotopic (exact) mass is 822 g/mol. The first-order valence-corrected chi connectivity index (χ1v) is 21.9. The van der Waals surface area contributed by atoms with E-state index in [0.717, 1.165) is 82.8 Å². The van der Waals surface area contributed by atoms with E-state index in [-0.39, 0.29) is 0 Å². The number of fused-ring (bicyclic) bond motifs is 9. The van der Waals surface area contributed by atoms with Gasteiger partial charge in [-0.15, -0.1) is 11.3 Å². The zero-order chi connectivity index (χ0) is 41.4. The first kappa shape index (κ1) is 35.6. The summed E-state index contributed by atoms with van der Waals surface area (Å²) in [6, 6.07) is 72.6. The molecule has 6 heteroatoms. The third-order valence-corrected chi connectivity index (χ3v) is 13.4. The summed E-state index contributed by atoms with van der Waals surface area (Å²) in [5.74, 6) is 1.78. The Kier molecular flexibility index (Phi) is 8.01. The summed E-state index contributed by atoms with van der Waals surface area (Å²) in [6.07, 6.45) is 0. The Morgan fingerprint density at radius 2 is 0.921 bits per heavy atom. The van der Waals surface area contributed by atoms with Gasteiger partial charge in [-0.2, -0.15) is 0 Å². The number of benzene rings is 9. The molecule has 0 radical (unpaired) electrons. The van der Waals surface area contributed by atoms with Gasteiger partial charge >= 0.3 is 0 Å². The third-order valence-electron chi connectivity index (χ3n) is 12.3. The Balaban J connectivity index is 1.21. The van der Waals surface area contributed by atoms with E-state index >= 15 is 0 Å². The Hall–Kier alpha value is -8.19. The van der Waals surface area contributed by atoms with E-state index in [1.807, 2.05) is 47.7 Å². The van der Waals surface area contributed by atoms with Crippen LogP contribution in [0.15, 0.2) is 211 Å². The second kappa shape index (κ2) is 14.2. The lowest BCUT2D eigenvalue weighted by Crippen LogP contribution is -2.04. The standard InChI is InChI=1S/C57H34N4OS/c1-4-16-35(17-5-1)38-30-31-40-39-22-10-12-26-45(39)61(46(40)34-38)54-44(57-59-55(36-18-6-2-7-19-36)58-56(60-57)37-20-8-3-9-21-37)32-33-48-53(54)52-42(24-14-27-47(52)62-48)41-25-15-29-50-51(41)43-23-11-13-28-49(43)63-50/h1-34H. The summed E-state index contributed by atoms with van der Waals surface area (Å²) < 4.78 is 11.9. The predicted octanol–water partition coefficient (Wildman–Crippen LogP) is 15.6. The van der Waals surface area contributed by atoms with Gasteiger partial charge in [0.05, 0.1) is 22.1 Å². The predicted molar refractivity (Wildman–Crippen MR) is 262 cm³/mol. The molecule has 4 heterocycles. The molecule has 13 aromatic rings. The van der Waals surface area contributed by atoms with Crippen LogP contribution < -0.4 is 0 Å². The van der Waals surface area contributed by atoms with Crippen molar-refractivity contribution in [3.8, 4) is 62.1 Å². The van der Waals surface area contributed by atoms with Crippen LogP contribution in [-0.4, -0.2) is 19.5 Å². The van der Waals surface area contributed by atoms with E-state index < -0.39 is 0 Å². The number of hydrogen-bond donors (Lipinski definition) is 0. The van der Waals surface area contributed by atoms with Crippen molar-refractivity contribution in [1.82, 2.24) is 19.5 Å². The zero-order valence-corrected chi connectivity index (χ0v) is 34.6. The molecule has 0 aliphatic heterocycles. The lowest BCUT2D eigenvalue weighted by molar-refractivity contribution is 0.669. The topological polar surface area (TPSA) is 56.7 Å². The molecule has 0 atom stereocenters. The molecular weight excluding hydrogens is 789 g/mol. The fourth-order valence-electron chi connectivity index (χ4n) is 9.48. The van der Waals surface area contributed by atoms with Gasteiger partial charge in [0.1, 0.15) is 11.2 Å². The summed E-state index contributed by atoms with van der Waals surface area (Å²) in [5, 5.41) is 6.84. The van der Waals surface area contributed by atoms with E-state index in [9.17, 15) is 0 Å². The summed E-state index contributed by atoms with van der Waals surface area (Å²) in [6.45, 7) is 0. The van der Waals surface area contributed by atoms with Crippen LogP contribution in [-0.2, 0) is 0 Å². The Morgan fingerprint density at radius 1 is 0.349 bits per heavy atom. The van der Waals surface area contributed by atoms with Crippen LogP contribution in [0.4, 0.5) is 0 Å². The number of rotatable bonds is 6. The van der Waals surface area contributed by atoms with Gasteiger partial charge < -0.3 is 8.98 Å². The van der Waals surface area contributed by atoms with Gasteiger partial charge in [-0.1, -0.05) is 164 Å². The van der Waals surface area contributed by atoms with Crippen LogP contribution in [0.25, 0.3) is 126 Å². The van der Waals surface area contributed by atoms with Crippen LogP contribution >= 0.6 is 11.3 Å². The average Bonchev–Trinajstić information content (AvgIpc) is 4.04. The molecule has 0 N–H and O–H groups in total. The smallest absolute Gasteiger partial charge is 0.166 e. The lowest BCUT2D eigenvalue weighted by Gasteiger charge is -2.17.